The Kier molecular flexibility index (Phi) is 3.66. The quantitative estimate of drug-likeness (QED) is 0.793. The number of furan rings is 1. The van der Waals surface area contributed by atoms with Crippen LogP contribution in [0.25, 0.3) is 11.0 Å². The molecule has 1 unspecified atom stereocenters. The van der Waals surface area contributed by atoms with Crippen molar-refractivity contribution in [2.45, 2.75) is 13.0 Å². The summed E-state index contributed by atoms with van der Waals surface area (Å²) in [5.41, 5.74) is 0.844. The fourth-order valence-corrected chi connectivity index (χ4v) is 2.36. The molecule has 0 radical (unpaired) electrons. The summed E-state index contributed by atoms with van der Waals surface area (Å²) in [6.45, 7) is 2.59. The zero-order valence-corrected chi connectivity index (χ0v) is 11.4. The Labute approximate surface area is 120 Å². The lowest BCUT2D eigenvalue weighted by molar-refractivity contribution is 0.463. The summed E-state index contributed by atoms with van der Waals surface area (Å²) in [6, 6.07) is 7.54. The third-order valence-electron chi connectivity index (χ3n) is 3.27. The van der Waals surface area contributed by atoms with Crippen molar-refractivity contribution in [3.63, 3.8) is 0 Å². The predicted octanol–water partition coefficient (Wildman–Crippen LogP) is 3.80. The largest absolute Gasteiger partial charge is 0.456 e. The second kappa shape index (κ2) is 5.61. The molecular formula is C16H14F2N2O. The van der Waals surface area contributed by atoms with E-state index >= 15 is 0 Å². The van der Waals surface area contributed by atoms with E-state index in [-0.39, 0.29) is 11.6 Å². The normalized spacial score (nSPS) is 12.7. The van der Waals surface area contributed by atoms with Crippen molar-refractivity contribution >= 4 is 11.0 Å². The van der Waals surface area contributed by atoms with Gasteiger partial charge in [0.05, 0.1) is 12.2 Å². The monoisotopic (exact) mass is 288 g/mol. The van der Waals surface area contributed by atoms with Gasteiger partial charge in [-0.05, 0) is 30.3 Å². The number of aromatic nitrogens is 1. The van der Waals surface area contributed by atoms with E-state index in [1.165, 1.54) is 12.1 Å². The molecule has 0 aliphatic carbocycles. The molecule has 3 nitrogen and oxygen atoms in total. The van der Waals surface area contributed by atoms with Crippen LogP contribution in [0.3, 0.4) is 0 Å². The van der Waals surface area contributed by atoms with Gasteiger partial charge < -0.3 is 9.73 Å². The van der Waals surface area contributed by atoms with Crippen molar-refractivity contribution in [3.05, 3.63) is 65.7 Å². The standard InChI is InChI=1S/C16H14F2N2O/c1-2-20-15(11-6-12(17)9-19-8-11)14-7-10-4-3-5-13(18)16(10)21-14/h3-9,15,20H,2H2,1H3. The smallest absolute Gasteiger partial charge is 0.169 e. The van der Waals surface area contributed by atoms with Gasteiger partial charge in [0.1, 0.15) is 11.6 Å². The molecule has 0 spiro atoms. The molecule has 21 heavy (non-hydrogen) atoms. The molecule has 1 aromatic carbocycles. The van der Waals surface area contributed by atoms with Crippen LogP contribution >= 0.6 is 0 Å². The fraction of sp³-hybridized carbons (Fsp3) is 0.188. The zero-order valence-electron chi connectivity index (χ0n) is 11.4. The number of nitrogens with one attached hydrogen (secondary N) is 1. The molecule has 1 N–H and O–H groups in total. The third kappa shape index (κ3) is 2.64. The first kappa shape index (κ1) is 13.7. The minimum Gasteiger partial charge on any atom is -0.456 e. The van der Waals surface area contributed by atoms with Crippen molar-refractivity contribution in [1.82, 2.24) is 10.3 Å². The second-order valence-corrected chi connectivity index (χ2v) is 4.73. The van der Waals surface area contributed by atoms with Gasteiger partial charge in [-0.2, -0.15) is 0 Å². The number of hydrogen-bond acceptors (Lipinski definition) is 3. The summed E-state index contributed by atoms with van der Waals surface area (Å²) in [7, 11) is 0. The van der Waals surface area contributed by atoms with E-state index in [0.717, 1.165) is 6.20 Å². The fourth-order valence-electron chi connectivity index (χ4n) is 2.36. The lowest BCUT2D eigenvalue weighted by atomic mass is 10.1. The average molecular weight is 288 g/mol. The molecule has 2 heterocycles. The van der Waals surface area contributed by atoms with E-state index in [1.54, 1.807) is 24.4 Å². The van der Waals surface area contributed by atoms with Crippen LogP contribution in [0.15, 0.2) is 47.1 Å². The maximum Gasteiger partial charge on any atom is 0.169 e. The SMILES string of the molecule is CCNC(c1cncc(F)c1)c1cc2cccc(F)c2o1. The molecule has 0 fully saturated rings. The Morgan fingerprint density at radius 1 is 1.24 bits per heavy atom. The van der Waals surface area contributed by atoms with Gasteiger partial charge in [0.15, 0.2) is 11.4 Å². The van der Waals surface area contributed by atoms with Gasteiger partial charge in [-0.1, -0.05) is 19.1 Å². The topological polar surface area (TPSA) is 38.1 Å². The highest BCUT2D eigenvalue weighted by Crippen LogP contribution is 2.29. The Bertz CT molecular complexity index is 770. The van der Waals surface area contributed by atoms with Crippen LogP contribution in [0.4, 0.5) is 8.78 Å². The average Bonchev–Trinajstić information content (AvgIpc) is 2.90. The lowest BCUT2D eigenvalue weighted by Gasteiger charge is -2.15. The van der Waals surface area contributed by atoms with Crippen molar-refractivity contribution < 1.29 is 13.2 Å². The molecule has 0 amide bonds. The van der Waals surface area contributed by atoms with Gasteiger partial charge in [-0.3, -0.25) is 4.98 Å². The van der Waals surface area contributed by atoms with Gasteiger partial charge in [0.2, 0.25) is 0 Å². The summed E-state index contributed by atoms with van der Waals surface area (Å²) in [6.07, 6.45) is 2.71. The number of rotatable bonds is 4. The molecular weight excluding hydrogens is 274 g/mol. The number of fused-ring (bicyclic) bond motifs is 1. The van der Waals surface area contributed by atoms with Crippen molar-refractivity contribution in [1.29, 1.82) is 0 Å². The number of halogens is 2. The van der Waals surface area contributed by atoms with E-state index in [4.69, 9.17) is 4.42 Å². The van der Waals surface area contributed by atoms with Gasteiger partial charge >= 0.3 is 0 Å². The maximum atomic E-state index is 13.7. The highest BCUT2D eigenvalue weighted by molar-refractivity contribution is 5.78. The molecule has 1 atom stereocenters. The van der Waals surface area contributed by atoms with Crippen LogP contribution in [0.5, 0.6) is 0 Å². The lowest BCUT2D eigenvalue weighted by Crippen LogP contribution is -2.21. The molecule has 0 aliphatic heterocycles. The van der Waals surface area contributed by atoms with E-state index in [9.17, 15) is 8.78 Å². The van der Waals surface area contributed by atoms with E-state index in [0.29, 0.717) is 23.3 Å². The highest BCUT2D eigenvalue weighted by atomic mass is 19.1. The highest BCUT2D eigenvalue weighted by Gasteiger charge is 2.19. The number of hydrogen-bond donors (Lipinski definition) is 1. The molecule has 3 aromatic rings. The van der Waals surface area contributed by atoms with Crippen LogP contribution in [0.2, 0.25) is 0 Å². The Balaban J connectivity index is 2.09. The summed E-state index contributed by atoms with van der Waals surface area (Å²) in [5, 5.41) is 3.88. The van der Waals surface area contributed by atoms with Crippen LogP contribution in [-0.4, -0.2) is 11.5 Å². The maximum absolute atomic E-state index is 13.7. The Hall–Kier alpha value is -2.27. The van der Waals surface area contributed by atoms with Crippen LogP contribution in [0.1, 0.15) is 24.3 Å². The third-order valence-corrected chi connectivity index (χ3v) is 3.27. The second-order valence-electron chi connectivity index (χ2n) is 4.73. The molecule has 108 valence electrons. The molecule has 0 saturated carbocycles. The Morgan fingerprint density at radius 3 is 2.81 bits per heavy atom. The first-order valence-corrected chi connectivity index (χ1v) is 6.71. The summed E-state index contributed by atoms with van der Waals surface area (Å²) >= 11 is 0. The molecule has 5 heteroatoms. The number of para-hydroxylation sites is 1. The van der Waals surface area contributed by atoms with Crippen molar-refractivity contribution in [2.75, 3.05) is 6.54 Å². The molecule has 0 saturated heterocycles. The number of pyridine rings is 1. The molecule has 0 bridgehead atoms. The number of benzene rings is 1. The molecule has 2 aromatic heterocycles. The number of nitrogens with zero attached hydrogens (tertiary/aromatic N) is 1. The van der Waals surface area contributed by atoms with Gasteiger partial charge in [0, 0.05) is 11.6 Å². The first-order valence-electron chi connectivity index (χ1n) is 6.71. The first-order chi connectivity index (χ1) is 10.2. The predicted molar refractivity (Wildman–Crippen MR) is 75.9 cm³/mol. The van der Waals surface area contributed by atoms with Crippen LogP contribution in [0, 0.1) is 11.6 Å². The molecule has 0 aliphatic rings. The van der Waals surface area contributed by atoms with Crippen LogP contribution in [-0.2, 0) is 0 Å². The van der Waals surface area contributed by atoms with E-state index < -0.39 is 11.6 Å². The summed E-state index contributed by atoms with van der Waals surface area (Å²) < 4.78 is 32.7. The van der Waals surface area contributed by atoms with Crippen LogP contribution < -0.4 is 5.32 Å². The minimum atomic E-state index is -0.419. The summed E-state index contributed by atoms with van der Waals surface area (Å²) in [5.74, 6) is -0.298. The van der Waals surface area contributed by atoms with Gasteiger partial charge in [-0.25, -0.2) is 8.78 Å². The summed E-state index contributed by atoms with van der Waals surface area (Å²) in [4.78, 5) is 3.85. The molecule has 3 rings (SSSR count). The van der Waals surface area contributed by atoms with Crippen molar-refractivity contribution in [2.24, 2.45) is 0 Å². The van der Waals surface area contributed by atoms with E-state index in [2.05, 4.69) is 10.3 Å². The van der Waals surface area contributed by atoms with Gasteiger partial charge in [0.25, 0.3) is 0 Å². The zero-order chi connectivity index (χ0) is 14.8. The Morgan fingerprint density at radius 2 is 2.10 bits per heavy atom. The van der Waals surface area contributed by atoms with Crippen molar-refractivity contribution in [3.8, 4) is 0 Å². The minimum absolute atomic E-state index is 0.208. The van der Waals surface area contributed by atoms with E-state index in [1.807, 2.05) is 6.92 Å². The van der Waals surface area contributed by atoms with Gasteiger partial charge in [-0.15, -0.1) is 0 Å².